The minimum absolute atomic E-state index is 0.0266. The van der Waals surface area contributed by atoms with Gasteiger partial charge in [-0.3, -0.25) is 4.79 Å². The molecular weight excluding hydrogens is 256 g/mol. The van der Waals surface area contributed by atoms with Gasteiger partial charge < -0.3 is 15.3 Å². The molecule has 0 aromatic heterocycles. The van der Waals surface area contributed by atoms with Gasteiger partial charge in [0.25, 0.3) is 0 Å². The van der Waals surface area contributed by atoms with Gasteiger partial charge in [0.05, 0.1) is 0 Å². The van der Waals surface area contributed by atoms with E-state index in [1.165, 1.54) is 11.8 Å². The Morgan fingerprint density at radius 3 is 2.50 bits per heavy atom. The van der Waals surface area contributed by atoms with E-state index in [-0.39, 0.29) is 6.42 Å². The van der Waals surface area contributed by atoms with E-state index in [0.29, 0.717) is 22.4 Å². The lowest BCUT2D eigenvalue weighted by Crippen LogP contribution is -2.12. The maximum absolute atomic E-state index is 10.8. The van der Waals surface area contributed by atoms with Crippen molar-refractivity contribution in [2.45, 2.75) is 23.8 Å². The molecule has 1 atom stereocenters. The summed E-state index contributed by atoms with van der Waals surface area (Å²) in [5, 5.41) is 27.0. The van der Waals surface area contributed by atoms with Gasteiger partial charge >= 0.3 is 11.9 Å². The molecule has 1 aromatic carbocycles. The van der Waals surface area contributed by atoms with E-state index >= 15 is 0 Å². The fourth-order valence-corrected chi connectivity index (χ4v) is 2.15. The third-order valence-electron chi connectivity index (χ3n) is 2.45. The lowest BCUT2D eigenvalue weighted by Gasteiger charge is -2.12. The first-order chi connectivity index (χ1) is 8.45. The van der Waals surface area contributed by atoms with Crippen LogP contribution in [0.1, 0.15) is 23.7 Å². The number of aliphatic carboxylic acids is 2. The number of carbonyl (C=O) groups is 2. The molecule has 0 spiro atoms. The Balaban J connectivity index is 3.01. The van der Waals surface area contributed by atoms with Crippen LogP contribution in [0.2, 0.25) is 0 Å². The van der Waals surface area contributed by atoms with Crippen molar-refractivity contribution in [2.24, 2.45) is 0 Å². The molecule has 0 aliphatic rings. The van der Waals surface area contributed by atoms with Crippen LogP contribution in [0.4, 0.5) is 0 Å². The number of hydrogen-bond donors (Lipinski definition) is 3. The van der Waals surface area contributed by atoms with Crippen molar-refractivity contribution in [1.29, 1.82) is 0 Å². The van der Waals surface area contributed by atoms with E-state index in [1.807, 2.05) is 0 Å². The molecule has 18 heavy (non-hydrogen) atoms. The second-order valence-corrected chi connectivity index (χ2v) is 4.56. The summed E-state index contributed by atoms with van der Waals surface area (Å²) in [6.45, 7) is 0. The summed E-state index contributed by atoms with van der Waals surface area (Å²) >= 11 is 1.33. The number of aliphatic hydroxyl groups is 1. The number of hydrogen-bond acceptors (Lipinski definition) is 4. The average molecular weight is 270 g/mol. The molecule has 0 heterocycles. The number of aliphatic hydroxyl groups excluding tert-OH is 1. The maximum Gasteiger partial charge on any atom is 0.337 e. The SMILES string of the molecule is CSc1ccc(CCC(=O)O)cc1C(O)C(=O)O. The lowest BCUT2D eigenvalue weighted by atomic mass is 10.0. The summed E-state index contributed by atoms with van der Waals surface area (Å²) < 4.78 is 0. The van der Waals surface area contributed by atoms with Crippen LogP contribution >= 0.6 is 11.8 Å². The van der Waals surface area contributed by atoms with E-state index in [4.69, 9.17) is 10.2 Å². The Labute approximate surface area is 108 Å². The highest BCUT2D eigenvalue weighted by atomic mass is 32.2. The van der Waals surface area contributed by atoms with Gasteiger partial charge in [-0.25, -0.2) is 4.79 Å². The first kappa shape index (κ1) is 14.5. The van der Waals surface area contributed by atoms with Crippen molar-refractivity contribution < 1.29 is 24.9 Å². The third kappa shape index (κ3) is 3.75. The lowest BCUT2D eigenvalue weighted by molar-refractivity contribution is -0.147. The van der Waals surface area contributed by atoms with E-state index in [2.05, 4.69) is 0 Å². The zero-order chi connectivity index (χ0) is 13.7. The highest BCUT2D eigenvalue weighted by Crippen LogP contribution is 2.27. The van der Waals surface area contributed by atoms with E-state index in [0.717, 1.165) is 0 Å². The predicted octanol–water partition coefficient (Wildman–Crippen LogP) is 1.54. The quantitative estimate of drug-likeness (QED) is 0.679. The molecular formula is C12H14O5S. The summed E-state index contributed by atoms with van der Waals surface area (Å²) in [6.07, 6.45) is 0.478. The van der Waals surface area contributed by atoms with E-state index in [9.17, 15) is 14.7 Å². The van der Waals surface area contributed by atoms with Crippen LogP contribution in [0, 0.1) is 0 Å². The summed E-state index contributed by atoms with van der Waals surface area (Å²) in [7, 11) is 0. The number of rotatable bonds is 6. The minimum Gasteiger partial charge on any atom is -0.481 e. The summed E-state index contributed by atoms with van der Waals surface area (Å²) in [6, 6.07) is 4.99. The van der Waals surface area contributed by atoms with E-state index < -0.39 is 18.0 Å². The molecule has 0 bridgehead atoms. The molecule has 0 saturated heterocycles. The minimum atomic E-state index is -1.59. The zero-order valence-electron chi connectivity index (χ0n) is 9.79. The van der Waals surface area contributed by atoms with Crippen LogP contribution < -0.4 is 0 Å². The number of thioether (sulfide) groups is 1. The van der Waals surface area contributed by atoms with Crippen LogP contribution in [0.5, 0.6) is 0 Å². The molecule has 0 fully saturated rings. The van der Waals surface area contributed by atoms with Crippen LogP contribution in [0.25, 0.3) is 0 Å². The largest absolute Gasteiger partial charge is 0.481 e. The van der Waals surface area contributed by atoms with Crippen LogP contribution in [0.3, 0.4) is 0 Å². The van der Waals surface area contributed by atoms with Crippen molar-refractivity contribution in [2.75, 3.05) is 6.26 Å². The predicted molar refractivity (Wildman–Crippen MR) is 66.8 cm³/mol. The summed E-state index contributed by atoms with van der Waals surface area (Å²) in [5.41, 5.74) is 1.00. The highest BCUT2D eigenvalue weighted by molar-refractivity contribution is 7.98. The standard InChI is InChI=1S/C12H14O5S/c1-18-9-4-2-7(3-5-10(13)14)6-8(9)11(15)12(16)17/h2,4,6,11,15H,3,5H2,1H3,(H,13,14)(H,16,17). The van der Waals surface area contributed by atoms with Crippen LogP contribution in [-0.4, -0.2) is 33.5 Å². The number of benzene rings is 1. The fourth-order valence-electron chi connectivity index (χ4n) is 1.54. The fraction of sp³-hybridized carbons (Fsp3) is 0.333. The van der Waals surface area contributed by atoms with Crippen molar-refractivity contribution >= 4 is 23.7 Å². The monoisotopic (exact) mass is 270 g/mol. The van der Waals surface area contributed by atoms with Crippen molar-refractivity contribution in [3.05, 3.63) is 29.3 Å². The highest BCUT2D eigenvalue weighted by Gasteiger charge is 2.19. The first-order valence-electron chi connectivity index (χ1n) is 5.25. The van der Waals surface area contributed by atoms with E-state index in [1.54, 1.807) is 24.5 Å². The molecule has 0 amide bonds. The molecule has 0 saturated carbocycles. The Hall–Kier alpha value is -1.53. The van der Waals surface area contributed by atoms with Crippen LogP contribution in [0.15, 0.2) is 23.1 Å². The van der Waals surface area contributed by atoms with Crippen LogP contribution in [-0.2, 0) is 16.0 Å². The van der Waals surface area contributed by atoms with Crippen molar-refractivity contribution in [3.8, 4) is 0 Å². The normalized spacial score (nSPS) is 12.1. The molecule has 0 aliphatic heterocycles. The summed E-state index contributed by atoms with van der Waals surface area (Å²) in [4.78, 5) is 21.9. The molecule has 3 N–H and O–H groups in total. The topological polar surface area (TPSA) is 94.8 Å². The molecule has 0 radical (unpaired) electrons. The number of carboxylic acid groups (broad SMARTS) is 2. The van der Waals surface area contributed by atoms with Gasteiger partial charge in [-0.2, -0.15) is 0 Å². The maximum atomic E-state index is 10.8. The van der Waals surface area contributed by atoms with Gasteiger partial charge in [-0.15, -0.1) is 11.8 Å². The van der Waals surface area contributed by atoms with Crippen molar-refractivity contribution in [1.82, 2.24) is 0 Å². The average Bonchev–Trinajstić information content (AvgIpc) is 2.34. The molecule has 1 rings (SSSR count). The Morgan fingerprint density at radius 1 is 1.33 bits per heavy atom. The Kier molecular flexibility index (Phi) is 5.18. The Morgan fingerprint density at radius 2 is 2.00 bits per heavy atom. The van der Waals surface area contributed by atoms with Gasteiger partial charge in [-0.05, 0) is 24.3 Å². The number of carboxylic acids is 2. The molecule has 5 nitrogen and oxygen atoms in total. The third-order valence-corrected chi connectivity index (χ3v) is 3.26. The zero-order valence-corrected chi connectivity index (χ0v) is 10.6. The molecule has 0 aliphatic carbocycles. The Bertz CT molecular complexity index is 458. The first-order valence-corrected chi connectivity index (χ1v) is 6.47. The van der Waals surface area contributed by atoms with Gasteiger partial charge in [0.15, 0.2) is 6.10 Å². The smallest absolute Gasteiger partial charge is 0.337 e. The van der Waals surface area contributed by atoms with Gasteiger partial charge in [-0.1, -0.05) is 12.1 Å². The summed E-state index contributed by atoms with van der Waals surface area (Å²) in [5.74, 6) is -2.23. The molecule has 6 heteroatoms. The van der Waals surface area contributed by atoms with Gasteiger partial charge in [0.1, 0.15) is 0 Å². The molecule has 98 valence electrons. The second kappa shape index (κ2) is 6.42. The van der Waals surface area contributed by atoms with Gasteiger partial charge in [0.2, 0.25) is 0 Å². The van der Waals surface area contributed by atoms with Crippen molar-refractivity contribution in [3.63, 3.8) is 0 Å². The number of aryl methyl sites for hydroxylation is 1. The molecule has 1 aromatic rings. The molecule has 1 unspecified atom stereocenters. The van der Waals surface area contributed by atoms with Gasteiger partial charge in [0, 0.05) is 16.9 Å². The second-order valence-electron chi connectivity index (χ2n) is 3.71.